The fourth-order valence-electron chi connectivity index (χ4n) is 4.45. The molecule has 142 valence electrons. The molecule has 0 saturated carbocycles. The molecule has 0 spiro atoms. The lowest BCUT2D eigenvalue weighted by atomic mass is 9.58. The number of allylic oxidation sites excluding steroid dienone is 2. The highest BCUT2D eigenvalue weighted by atomic mass is 16.5. The van der Waals surface area contributed by atoms with Crippen molar-refractivity contribution in [3.05, 3.63) is 52.7 Å². The molecule has 2 aliphatic rings. The summed E-state index contributed by atoms with van der Waals surface area (Å²) in [6.45, 7) is 4.44. The fourth-order valence-corrected chi connectivity index (χ4v) is 4.45. The van der Waals surface area contributed by atoms with Crippen molar-refractivity contribution < 1.29 is 4.74 Å². The maximum absolute atomic E-state index is 10.1. The molecule has 1 aromatic carbocycles. The molecule has 2 N–H and O–H groups in total. The molecular weight excluding hydrogens is 350 g/mol. The van der Waals surface area contributed by atoms with E-state index in [2.05, 4.69) is 30.0 Å². The quantitative estimate of drug-likeness (QED) is 0.869. The zero-order chi connectivity index (χ0) is 20.3. The first-order chi connectivity index (χ1) is 13.6. The Morgan fingerprint density at radius 1 is 1.29 bits per heavy atom. The number of hydrogen-bond donors (Lipinski definition) is 1. The minimum absolute atomic E-state index is 0.0549. The van der Waals surface area contributed by atoms with Gasteiger partial charge in [0.25, 0.3) is 0 Å². The predicted molar refractivity (Wildman–Crippen MR) is 105 cm³/mol. The molecule has 6 heteroatoms. The van der Waals surface area contributed by atoms with E-state index >= 15 is 0 Å². The zero-order valence-electron chi connectivity index (χ0n) is 16.1. The first kappa shape index (κ1) is 19.5. The number of nitrogens with zero attached hydrogens (tertiary/aromatic N) is 4. The summed E-state index contributed by atoms with van der Waals surface area (Å²) in [6.07, 6.45) is 3.03. The molecule has 0 radical (unpaired) electrons. The summed E-state index contributed by atoms with van der Waals surface area (Å²) in [7, 11) is 1.58. The van der Waals surface area contributed by atoms with E-state index in [1.165, 1.54) is 0 Å². The van der Waals surface area contributed by atoms with E-state index in [0.29, 0.717) is 12.3 Å². The topological polar surface area (TPSA) is 110 Å². The highest BCUT2D eigenvalue weighted by molar-refractivity contribution is 5.59. The molecule has 1 aromatic rings. The van der Waals surface area contributed by atoms with Crippen molar-refractivity contribution in [3.8, 4) is 24.0 Å². The maximum atomic E-state index is 10.1. The number of nitrogens with two attached hydrogens (primary N) is 1. The first-order valence-electron chi connectivity index (χ1n) is 9.35. The van der Waals surface area contributed by atoms with Gasteiger partial charge in [-0.05, 0) is 36.2 Å². The van der Waals surface area contributed by atoms with Crippen LogP contribution in [0.15, 0.2) is 47.2 Å². The van der Waals surface area contributed by atoms with Crippen LogP contribution in [0.3, 0.4) is 0 Å². The van der Waals surface area contributed by atoms with Crippen LogP contribution in [0.25, 0.3) is 0 Å². The van der Waals surface area contributed by atoms with E-state index < -0.39 is 11.3 Å². The van der Waals surface area contributed by atoms with Gasteiger partial charge in [-0.1, -0.05) is 25.1 Å². The molecule has 1 heterocycles. The minimum atomic E-state index is -1.60. The van der Waals surface area contributed by atoms with Crippen LogP contribution in [0.2, 0.25) is 0 Å². The van der Waals surface area contributed by atoms with Crippen LogP contribution >= 0.6 is 0 Å². The van der Waals surface area contributed by atoms with Crippen molar-refractivity contribution in [2.75, 3.05) is 26.7 Å². The number of fused-ring (bicyclic) bond motifs is 1. The Morgan fingerprint density at radius 3 is 2.64 bits per heavy atom. The van der Waals surface area contributed by atoms with Gasteiger partial charge in [-0.3, -0.25) is 4.90 Å². The normalized spacial score (nSPS) is 23.6. The van der Waals surface area contributed by atoms with E-state index in [4.69, 9.17) is 10.5 Å². The fraction of sp³-hybridized carbons (Fsp3) is 0.409. The maximum Gasteiger partial charge on any atom is 0.191 e. The van der Waals surface area contributed by atoms with Gasteiger partial charge in [0.15, 0.2) is 5.41 Å². The summed E-state index contributed by atoms with van der Waals surface area (Å²) in [6, 6.07) is 13.9. The van der Waals surface area contributed by atoms with Crippen molar-refractivity contribution >= 4 is 0 Å². The molecule has 2 atom stereocenters. The summed E-state index contributed by atoms with van der Waals surface area (Å²) in [5, 5.41) is 29.9. The Morgan fingerprint density at radius 2 is 2.04 bits per heavy atom. The second-order valence-electron chi connectivity index (χ2n) is 7.21. The number of benzene rings is 1. The molecule has 0 amide bonds. The van der Waals surface area contributed by atoms with Crippen molar-refractivity contribution in [2.24, 2.45) is 17.1 Å². The Balaban J connectivity index is 2.27. The SMILES string of the molecule is CCCN1CC=C2C(C#N)=C(N)C(C#N)(C#N)[C@@H](c3cccc(OC)c3)[C@@H]2C1. The van der Waals surface area contributed by atoms with Gasteiger partial charge in [0.05, 0.1) is 30.5 Å². The Kier molecular flexibility index (Phi) is 5.41. The van der Waals surface area contributed by atoms with Gasteiger partial charge in [-0.15, -0.1) is 0 Å². The van der Waals surface area contributed by atoms with Crippen LogP contribution in [0, 0.1) is 45.3 Å². The second-order valence-corrected chi connectivity index (χ2v) is 7.21. The molecule has 0 saturated heterocycles. The third kappa shape index (κ3) is 2.91. The van der Waals surface area contributed by atoms with Crippen LogP contribution in [-0.2, 0) is 0 Å². The highest BCUT2D eigenvalue weighted by Gasteiger charge is 2.54. The Bertz CT molecular complexity index is 942. The summed E-state index contributed by atoms with van der Waals surface area (Å²) in [5.74, 6) is -0.00285. The summed E-state index contributed by atoms with van der Waals surface area (Å²) >= 11 is 0. The van der Waals surface area contributed by atoms with Crippen LogP contribution in [0.1, 0.15) is 24.8 Å². The molecule has 3 rings (SSSR count). The third-order valence-electron chi connectivity index (χ3n) is 5.73. The van der Waals surface area contributed by atoms with E-state index in [1.807, 2.05) is 30.3 Å². The largest absolute Gasteiger partial charge is 0.497 e. The average molecular weight is 373 g/mol. The van der Waals surface area contributed by atoms with Gasteiger partial charge in [-0.25, -0.2) is 0 Å². The lowest BCUT2D eigenvalue weighted by Crippen LogP contribution is -2.48. The van der Waals surface area contributed by atoms with Gasteiger partial charge in [0.1, 0.15) is 11.8 Å². The second kappa shape index (κ2) is 7.77. The predicted octanol–water partition coefficient (Wildman–Crippen LogP) is 2.83. The molecule has 0 aromatic heterocycles. The average Bonchev–Trinajstić information content (AvgIpc) is 2.73. The van der Waals surface area contributed by atoms with Gasteiger partial charge in [0.2, 0.25) is 0 Å². The molecular formula is C22H23N5O. The minimum Gasteiger partial charge on any atom is -0.497 e. The molecule has 1 aliphatic heterocycles. The molecule has 0 bridgehead atoms. The van der Waals surface area contributed by atoms with Gasteiger partial charge in [-0.2, -0.15) is 15.8 Å². The number of methoxy groups -OCH3 is 1. The smallest absolute Gasteiger partial charge is 0.191 e. The van der Waals surface area contributed by atoms with E-state index in [0.717, 1.165) is 30.6 Å². The van der Waals surface area contributed by atoms with E-state index in [1.54, 1.807) is 7.11 Å². The zero-order valence-corrected chi connectivity index (χ0v) is 16.1. The monoisotopic (exact) mass is 373 g/mol. The van der Waals surface area contributed by atoms with E-state index in [-0.39, 0.29) is 17.2 Å². The Labute approximate surface area is 165 Å². The molecule has 1 aliphatic carbocycles. The highest BCUT2D eigenvalue weighted by Crippen LogP contribution is 2.54. The number of hydrogen-bond acceptors (Lipinski definition) is 6. The van der Waals surface area contributed by atoms with Crippen molar-refractivity contribution in [1.82, 2.24) is 4.90 Å². The molecule has 0 unspecified atom stereocenters. The van der Waals surface area contributed by atoms with Crippen molar-refractivity contribution in [2.45, 2.75) is 19.3 Å². The molecule has 0 fully saturated rings. The van der Waals surface area contributed by atoms with Gasteiger partial charge < -0.3 is 10.5 Å². The van der Waals surface area contributed by atoms with Gasteiger partial charge >= 0.3 is 0 Å². The van der Waals surface area contributed by atoms with Crippen LogP contribution in [0.4, 0.5) is 0 Å². The Hall–Kier alpha value is -3.27. The van der Waals surface area contributed by atoms with Crippen molar-refractivity contribution in [1.29, 1.82) is 15.8 Å². The number of rotatable bonds is 4. The van der Waals surface area contributed by atoms with E-state index in [9.17, 15) is 15.8 Å². The standard InChI is InChI=1S/C22H23N5O/c1-3-8-27-9-7-17-18(11-23)21(26)22(13-24,14-25)20(19(17)12-27)15-5-4-6-16(10-15)28-2/h4-7,10,19-20H,3,8-9,12,26H2,1-2H3/t19-,20+/m1/s1. The number of ether oxygens (including phenoxy) is 1. The first-order valence-corrected chi connectivity index (χ1v) is 9.35. The van der Waals surface area contributed by atoms with Crippen LogP contribution in [0.5, 0.6) is 5.75 Å². The van der Waals surface area contributed by atoms with Gasteiger partial charge in [0, 0.05) is 24.9 Å². The van der Waals surface area contributed by atoms with Crippen LogP contribution < -0.4 is 10.5 Å². The van der Waals surface area contributed by atoms with Crippen LogP contribution in [-0.4, -0.2) is 31.6 Å². The lowest BCUT2D eigenvalue weighted by Gasteiger charge is -2.45. The van der Waals surface area contributed by atoms with Crippen molar-refractivity contribution in [3.63, 3.8) is 0 Å². The number of nitriles is 3. The molecule has 28 heavy (non-hydrogen) atoms. The lowest BCUT2D eigenvalue weighted by molar-refractivity contribution is 0.207. The molecule has 6 nitrogen and oxygen atoms in total. The summed E-state index contributed by atoms with van der Waals surface area (Å²) in [4.78, 5) is 2.29. The summed E-state index contributed by atoms with van der Waals surface area (Å²) in [5.41, 5.74) is 6.71. The third-order valence-corrected chi connectivity index (χ3v) is 5.73. The summed E-state index contributed by atoms with van der Waals surface area (Å²) < 4.78 is 5.36.